The van der Waals surface area contributed by atoms with E-state index in [0.29, 0.717) is 0 Å². The van der Waals surface area contributed by atoms with Gasteiger partial charge in [0.2, 0.25) is 0 Å². The summed E-state index contributed by atoms with van der Waals surface area (Å²) in [4.78, 5) is 0. The zero-order valence-corrected chi connectivity index (χ0v) is 9.86. The molecule has 0 radical (unpaired) electrons. The summed E-state index contributed by atoms with van der Waals surface area (Å²) >= 11 is -5.29. The molecule has 0 aromatic rings. The fourth-order valence-corrected chi connectivity index (χ4v) is 5.51. The van der Waals surface area contributed by atoms with E-state index in [9.17, 15) is 2.81 Å². The molecule has 0 aliphatic heterocycles. The summed E-state index contributed by atoms with van der Waals surface area (Å²) in [5, 5.41) is 0. The van der Waals surface area contributed by atoms with Crippen molar-refractivity contribution in [2.45, 2.75) is 13.8 Å². The first-order valence-electron chi connectivity index (χ1n) is 2.98. The predicted octanol–water partition coefficient (Wildman–Crippen LogP) is 2.23. The summed E-state index contributed by atoms with van der Waals surface area (Å²) in [6.07, 6.45) is 0. The fraction of sp³-hybridized carbons (Fsp3) is 1.00. The van der Waals surface area contributed by atoms with Crippen LogP contribution in [0.5, 0.6) is 0 Å². The molecule has 0 unspecified atom stereocenters. The second-order valence-corrected chi connectivity index (χ2v) is 15.8. The van der Waals surface area contributed by atoms with Crippen LogP contribution in [0.2, 0.25) is 0 Å². The van der Waals surface area contributed by atoms with Gasteiger partial charge >= 0.3 is 69.8 Å². The third-order valence-corrected chi connectivity index (χ3v) is 6.98. The average molecular weight is 268 g/mol. The number of hydrogen-bond donors (Lipinski definition) is 0. The summed E-state index contributed by atoms with van der Waals surface area (Å²) in [5.41, 5.74) is 0. The average Bonchev–Trinajstić information content (AvgIpc) is 1.61. The van der Waals surface area contributed by atoms with E-state index in [1.54, 1.807) is 13.8 Å². The van der Waals surface area contributed by atoms with Crippen LogP contribution in [0, 0.1) is 0 Å². The van der Waals surface area contributed by atoms with Gasteiger partial charge in [-0.2, -0.15) is 0 Å². The molecule has 0 fully saturated rings. The Kier molecular flexibility index (Phi) is 4.17. The summed E-state index contributed by atoms with van der Waals surface area (Å²) < 4.78 is 20.4. The van der Waals surface area contributed by atoms with E-state index in [4.69, 9.17) is 17.0 Å². The Labute approximate surface area is 69.5 Å². The van der Waals surface area contributed by atoms with Crippen LogP contribution in [0.1, 0.15) is 13.8 Å². The molecule has 0 heterocycles. The van der Waals surface area contributed by atoms with Crippen LogP contribution in [0.25, 0.3) is 0 Å². The zero-order chi connectivity index (χ0) is 8.28. The Morgan fingerprint density at radius 1 is 1.20 bits per heavy atom. The van der Waals surface area contributed by atoms with Crippen molar-refractivity contribution < 1.29 is 25.7 Å². The van der Waals surface area contributed by atoms with Crippen LogP contribution >= 0.6 is 17.0 Å². The standard InChI is InChI=1S/2C2H5O.2ClH.O.Zr/c2*1-2-3;;;;/h2*2H2,1H3;2*1H;;/q2*-1;;;;+4/p-2. The second-order valence-electron chi connectivity index (χ2n) is 1.65. The summed E-state index contributed by atoms with van der Waals surface area (Å²) in [7, 11) is 10.7. The van der Waals surface area contributed by atoms with Crippen LogP contribution in [-0.2, 0) is 25.7 Å². The molecule has 0 atom stereocenters. The summed E-state index contributed by atoms with van der Waals surface area (Å²) in [6.45, 7) is 3.69. The molecule has 0 bridgehead atoms. The van der Waals surface area contributed by atoms with E-state index in [2.05, 4.69) is 5.63 Å². The molecule has 62 valence electrons. The van der Waals surface area contributed by atoms with Crippen molar-refractivity contribution in [3.63, 3.8) is 0 Å². The molecule has 0 aliphatic carbocycles. The van der Waals surface area contributed by atoms with E-state index in [1.807, 2.05) is 0 Å². The van der Waals surface area contributed by atoms with E-state index in [1.165, 1.54) is 0 Å². The first-order chi connectivity index (χ1) is 4.39. The summed E-state index contributed by atoms with van der Waals surface area (Å²) in [5.74, 6) is 0. The van der Waals surface area contributed by atoms with E-state index >= 15 is 0 Å². The van der Waals surface area contributed by atoms with Crippen molar-refractivity contribution in [3.05, 3.63) is 0 Å². The van der Waals surface area contributed by atoms with Crippen LogP contribution < -0.4 is 0 Å². The Morgan fingerprint density at radius 2 is 1.50 bits per heavy atom. The Balaban J connectivity index is 4.13. The molecular weight excluding hydrogens is 258 g/mol. The molecule has 0 rings (SSSR count). The quantitative estimate of drug-likeness (QED) is 0.784. The topological polar surface area (TPSA) is 35.5 Å². The summed E-state index contributed by atoms with van der Waals surface area (Å²) in [6, 6.07) is 0. The van der Waals surface area contributed by atoms with Crippen LogP contribution in [-0.4, -0.2) is 13.2 Å². The van der Waals surface area contributed by atoms with Gasteiger partial charge in [0.15, 0.2) is 0 Å². The van der Waals surface area contributed by atoms with Gasteiger partial charge in [0, 0.05) is 0 Å². The molecule has 0 saturated heterocycles. The molecular formula is C4H10Cl2O3Zr. The van der Waals surface area contributed by atoms with Crippen molar-refractivity contribution in [3.8, 4) is 0 Å². The third-order valence-electron chi connectivity index (χ3n) is 0.743. The zero-order valence-electron chi connectivity index (χ0n) is 5.89. The van der Waals surface area contributed by atoms with Gasteiger partial charge in [0.1, 0.15) is 0 Å². The van der Waals surface area contributed by atoms with Gasteiger partial charge < -0.3 is 0 Å². The molecule has 0 saturated carbocycles. The van der Waals surface area contributed by atoms with E-state index in [0.717, 1.165) is 0 Å². The maximum absolute atomic E-state index is 11.2. The van der Waals surface area contributed by atoms with Crippen molar-refractivity contribution >= 4 is 17.0 Å². The molecule has 0 N–H and O–H groups in total. The molecule has 3 nitrogen and oxygen atoms in total. The molecule has 0 spiro atoms. The van der Waals surface area contributed by atoms with Crippen LogP contribution in [0.3, 0.4) is 0 Å². The first-order valence-corrected chi connectivity index (χ1v) is 12.3. The van der Waals surface area contributed by atoms with Gasteiger partial charge in [-0.15, -0.1) is 0 Å². The minimum atomic E-state index is -5.29. The monoisotopic (exact) mass is 266 g/mol. The molecule has 0 aromatic heterocycles. The fourth-order valence-electron chi connectivity index (χ4n) is 0.496. The van der Waals surface area contributed by atoms with Gasteiger partial charge in [-0.05, 0) is 0 Å². The number of rotatable bonds is 4. The molecule has 0 amide bonds. The van der Waals surface area contributed by atoms with Crippen molar-refractivity contribution in [1.29, 1.82) is 0 Å². The maximum atomic E-state index is 11.2. The normalized spacial score (nSPS) is 13.7. The minimum absolute atomic E-state index is 0.196. The van der Waals surface area contributed by atoms with Gasteiger partial charge in [0.05, 0.1) is 0 Å². The van der Waals surface area contributed by atoms with Crippen molar-refractivity contribution in [1.82, 2.24) is 0 Å². The van der Waals surface area contributed by atoms with E-state index < -0.39 is 17.3 Å². The SMILES string of the molecule is CC[O][Zr](=[O])([Cl])([Cl])[O]CC. The van der Waals surface area contributed by atoms with Gasteiger partial charge in [-0.1, -0.05) is 0 Å². The Hall–Kier alpha value is 1.18. The first kappa shape index (κ1) is 11.2. The predicted molar refractivity (Wildman–Crippen MR) is 35.6 cm³/mol. The van der Waals surface area contributed by atoms with Gasteiger partial charge in [-0.25, -0.2) is 0 Å². The third kappa shape index (κ3) is 4.92. The molecule has 0 aliphatic rings. The molecule has 10 heavy (non-hydrogen) atoms. The Bertz CT molecular complexity index is 152. The van der Waals surface area contributed by atoms with Gasteiger partial charge in [0.25, 0.3) is 0 Å². The molecule has 6 heteroatoms. The van der Waals surface area contributed by atoms with Crippen LogP contribution in [0.15, 0.2) is 0 Å². The number of hydrogen-bond acceptors (Lipinski definition) is 3. The number of halogens is 2. The van der Waals surface area contributed by atoms with Crippen LogP contribution in [0.4, 0.5) is 0 Å². The second kappa shape index (κ2) is 3.73. The van der Waals surface area contributed by atoms with E-state index in [-0.39, 0.29) is 13.2 Å². The Morgan fingerprint density at radius 3 is 1.70 bits per heavy atom. The van der Waals surface area contributed by atoms with Crippen molar-refractivity contribution in [2.24, 2.45) is 0 Å². The van der Waals surface area contributed by atoms with Crippen molar-refractivity contribution in [2.75, 3.05) is 13.2 Å². The van der Waals surface area contributed by atoms with Gasteiger partial charge in [-0.3, -0.25) is 0 Å². The molecule has 0 aromatic carbocycles.